The Morgan fingerprint density at radius 1 is 1.08 bits per heavy atom. The van der Waals surface area contributed by atoms with E-state index < -0.39 is 42.6 Å². The largest absolute Gasteiger partial charge is 0.573 e. The lowest BCUT2D eigenvalue weighted by molar-refractivity contribution is -0.274. The average Bonchev–Trinajstić information content (AvgIpc) is 3.38. The molecule has 2 heterocycles. The van der Waals surface area contributed by atoms with Crippen LogP contribution in [-0.4, -0.2) is 56.4 Å². The van der Waals surface area contributed by atoms with Crippen molar-refractivity contribution < 1.29 is 37.3 Å². The summed E-state index contributed by atoms with van der Waals surface area (Å²) in [6.45, 7) is -0.547. The highest BCUT2D eigenvalue weighted by Crippen LogP contribution is 2.37. The van der Waals surface area contributed by atoms with Gasteiger partial charge in [0.25, 0.3) is 5.91 Å². The minimum atomic E-state index is -5.05. The molecule has 2 aromatic heterocycles. The molecule has 4 aromatic rings. The van der Waals surface area contributed by atoms with Gasteiger partial charge in [0.1, 0.15) is 11.6 Å². The first-order valence-electron chi connectivity index (χ1n) is 11.8. The van der Waals surface area contributed by atoms with Crippen molar-refractivity contribution in [1.82, 2.24) is 20.5 Å². The molecule has 0 aliphatic rings. The van der Waals surface area contributed by atoms with Crippen molar-refractivity contribution in [3.63, 3.8) is 0 Å². The van der Waals surface area contributed by atoms with E-state index in [0.29, 0.717) is 17.0 Å². The lowest BCUT2D eigenvalue weighted by Gasteiger charge is -2.22. The Morgan fingerprint density at radius 3 is 2.51 bits per heavy atom. The molecule has 12 heteroatoms. The monoisotopic (exact) mass is 544 g/mol. The number of hydrogen-bond acceptors (Lipinski definition) is 6. The summed E-state index contributed by atoms with van der Waals surface area (Å²) in [7, 11) is 0. The zero-order chi connectivity index (χ0) is 28.0. The zero-order valence-corrected chi connectivity index (χ0v) is 20.3. The van der Waals surface area contributed by atoms with Crippen LogP contribution in [0.1, 0.15) is 22.5 Å². The number of nitrogens with one attached hydrogen (secondary N) is 2. The van der Waals surface area contributed by atoms with Gasteiger partial charge in [-0.05, 0) is 66.6 Å². The summed E-state index contributed by atoms with van der Waals surface area (Å²) in [4.78, 5) is 17.7. The minimum Gasteiger partial charge on any atom is -0.405 e. The molecule has 2 aromatic carbocycles. The number of aliphatic hydroxyl groups is 2. The van der Waals surface area contributed by atoms with Crippen molar-refractivity contribution in [2.75, 3.05) is 6.61 Å². The van der Waals surface area contributed by atoms with Crippen LogP contribution in [0.4, 0.5) is 17.6 Å². The van der Waals surface area contributed by atoms with E-state index >= 15 is 0 Å². The first kappa shape index (κ1) is 27.7. The van der Waals surface area contributed by atoms with Gasteiger partial charge in [-0.1, -0.05) is 12.1 Å². The highest BCUT2D eigenvalue weighted by Gasteiger charge is 2.34. The van der Waals surface area contributed by atoms with Gasteiger partial charge in [-0.15, -0.1) is 13.2 Å². The van der Waals surface area contributed by atoms with Crippen molar-refractivity contribution in [3.05, 3.63) is 90.0 Å². The summed E-state index contributed by atoms with van der Waals surface area (Å²) < 4.78 is 57.4. The van der Waals surface area contributed by atoms with Crippen LogP contribution in [0.15, 0.2) is 72.9 Å². The number of hydrogen-bond donors (Lipinski definition) is 4. The zero-order valence-electron chi connectivity index (χ0n) is 20.3. The number of aromatic amines is 1. The summed E-state index contributed by atoms with van der Waals surface area (Å²) in [5, 5.41) is 28.9. The number of ether oxygens (including phenoxy) is 1. The third-order valence-corrected chi connectivity index (χ3v) is 5.77. The molecule has 0 aliphatic carbocycles. The van der Waals surface area contributed by atoms with Crippen LogP contribution in [0, 0.1) is 5.82 Å². The molecular formula is C27H24F4N4O4. The molecule has 0 saturated carbocycles. The first-order valence-corrected chi connectivity index (χ1v) is 11.8. The second-order valence-electron chi connectivity index (χ2n) is 8.67. The Hall–Kier alpha value is -4.29. The number of pyridine rings is 1. The van der Waals surface area contributed by atoms with E-state index in [9.17, 15) is 32.6 Å². The molecule has 39 heavy (non-hydrogen) atoms. The van der Waals surface area contributed by atoms with Crippen LogP contribution in [0.3, 0.4) is 0 Å². The summed E-state index contributed by atoms with van der Waals surface area (Å²) in [5.74, 6) is -1.87. The molecule has 0 fully saturated rings. The number of carbonyl (C=O) groups excluding carboxylic acids is 1. The Morgan fingerprint density at radius 2 is 1.85 bits per heavy atom. The van der Waals surface area contributed by atoms with Crippen molar-refractivity contribution in [2.24, 2.45) is 0 Å². The van der Waals surface area contributed by atoms with E-state index in [0.717, 1.165) is 6.07 Å². The molecule has 0 unspecified atom stereocenters. The molecule has 0 spiro atoms. The summed E-state index contributed by atoms with van der Waals surface area (Å²) in [6.07, 6.45) is -4.49. The molecule has 204 valence electrons. The van der Waals surface area contributed by atoms with Crippen molar-refractivity contribution in [3.8, 4) is 28.3 Å². The molecule has 0 saturated heterocycles. The van der Waals surface area contributed by atoms with Crippen LogP contribution in [0.25, 0.3) is 22.5 Å². The number of alkyl halides is 3. The molecule has 8 nitrogen and oxygen atoms in total. The van der Waals surface area contributed by atoms with E-state index in [1.54, 1.807) is 24.4 Å². The third-order valence-electron chi connectivity index (χ3n) is 5.77. The Kier molecular flexibility index (Phi) is 8.57. The Labute approximate surface area is 220 Å². The van der Waals surface area contributed by atoms with Gasteiger partial charge in [0.05, 0.1) is 35.2 Å². The van der Waals surface area contributed by atoms with E-state index in [1.807, 2.05) is 0 Å². The fourth-order valence-electron chi connectivity index (χ4n) is 4.05. The average molecular weight is 545 g/mol. The normalized spacial score (nSPS) is 13.1. The number of nitrogens with zero attached hydrogens (tertiary/aromatic N) is 2. The number of aliphatic hydroxyl groups excluding tert-OH is 2. The molecular weight excluding hydrogens is 520 g/mol. The van der Waals surface area contributed by atoms with Gasteiger partial charge in [0.15, 0.2) is 0 Å². The molecule has 0 radical (unpaired) electrons. The lowest BCUT2D eigenvalue weighted by atomic mass is 9.99. The highest BCUT2D eigenvalue weighted by atomic mass is 19.4. The molecule has 4 rings (SSSR count). The fraction of sp³-hybridized carbons (Fsp3) is 0.222. The first-order chi connectivity index (χ1) is 18.6. The number of rotatable bonds is 10. The Bertz CT molecular complexity index is 1400. The number of carbonyl (C=O) groups is 1. The molecule has 4 N–H and O–H groups in total. The second kappa shape index (κ2) is 12.0. The number of H-pyrrole nitrogens is 1. The van der Waals surface area contributed by atoms with E-state index in [2.05, 4.69) is 25.2 Å². The predicted molar refractivity (Wildman–Crippen MR) is 133 cm³/mol. The summed E-state index contributed by atoms with van der Waals surface area (Å²) in [6, 6.07) is 14.9. The van der Waals surface area contributed by atoms with Crippen molar-refractivity contribution in [1.29, 1.82) is 0 Å². The van der Waals surface area contributed by atoms with E-state index in [4.69, 9.17) is 0 Å². The number of aromatic nitrogens is 3. The topological polar surface area (TPSA) is 120 Å². The van der Waals surface area contributed by atoms with Crippen molar-refractivity contribution in [2.45, 2.75) is 31.3 Å². The second-order valence-corrected chi connectivity index (χ2v) is 8.67. The maximum atomic E-state index is 13.4. The van der Waals surface area contributed by atoms with Crippen LogP contribution in [0.2, 0.25) is 0 Å². The van der Waals surface area contributed by atoms with E-state index in [-0.39, 0.29) is 29.7 Å². The van der Waals surface area contributed by atoms with Crippen LogP contribution < -0.4 is 10.1 Å². The van der Waals surface area contributed by atoms with Crippen molar-refractivity contribution >= 4 is 5.91 Å². The molecule has 0 bridgehead atoms. The minimum absolute atomic E-state index is 0.0176. The van der Waals surface area contributed by atoms with E-state index in [1.165, 1.54) is 42.5 Å². The third kappa shape index (κ3) is 7.39. The highest BCUT2D eigenvalue weighted by molar-refractivity contribution is 6.02. The number of benzene rings is 2. The maximum absolute atomic E-state index is 13.4. The molecule has 1 amide bonds. The maximum Gasteiger partial charge on any atom is 0.573 e. The van der Waals surface area contributed by atoms with Gasteiger partial charge in [0.2, 0.25) is 0 Å². The molecule has 2 atom stereocenters. The predicted octanol–water partition coefficient (Wildman–Crippen LogP) is 4.26. The summed E-state index contributed by atoms with van der Waals surface area (Å²) >= 11 is 0. The standard InChI is InChI=1S/C27H24F4N4O4/c28-17-9-7-16(8-10-17)22-14-23(35-34-22)25-21(5-3-6-24(25)39-27(29,30)31)26(38)33-19(13-20(37)15-36)12-18-4-1-2-11-32-18/h1-11,14,19-20,36-37H,12-13,15H2,(H,33,38)(H,34,35)/t19-,20-/m0/s1. The van der Waals surface area contributed by atoms with Crippen LogP contribution in [-0.2, 0) is 6.42 Å². The van der Waals surface area contributed by atoms with Gasteiger partial charge >= 0.3 is 6.36 Å². The lowest BCUT2D eigenvalue weighted by Crippen LogP contribution is -2.40. The SMILES string of the molecule is O=C(N[C@@H](Cc1ccccn1)C[C@H](O)CO)c1cccc(OC(F)(F)F)c1-c1cc(-c2ccc(F)cc2)[nH]n1. The van der Waals surface area contributed by atoms with Gasteiger partial charge in [-0.25, -0.2) is 4.39 Å². The smallest absolute Gasteiger partial charge is 0.405 e. The van der Waals surface area contributed by atoms with Gasteiger partial charge < -0.3 is 20.3 Å². The van der Waals surface area contributed by atoms with Gasteiger partial charge in [0, 0.05) is 24.4 Å². The quantitative estimate of drug-likeness (QED) is 0.222. The van der Waals surface area contributed by atoms with Gasteiger partial charge in [-0.2, -0.15) is 5.10 Å². The molecule has 0 aliphatic heterocycles. The number of halogens is 4. The fourth-order valence-corrected chi connectivity index (χ4v) is 4.05. The van der Waals surface area contributed by atoms with Gasteiger partial charge in [-0.3, -0.25) is 14.9 Å². The van der Waals surface area contributed by atoms with Crippen LogP contribution >= 0.6 is 0 Å². The number of amides is 1. The Balaban J connectivity index is 1.71. The summed E-state index contributed by atoms with van der Waals surface area (Å²) in [5.41, 5.74) is 1.07. The van der Waals surface area contributed by atoms with Crippen LogP contribution in [0.5, 0.6) is 5.75 Å².